The van der Waals surface area contributed by atoms with Crippen molar-refractivity contribution in [3.05, 3.63) is 29.8 Å². The average Bonchev–Trinajstić information content (AvgIpc) is 2.36. The molecule has 1 aromatic rings. The quantitative estimate of drug-likeness (QED) is 0.774. The number of para-hydroxylation sites is 1. The molecule has 0 spiro atoms. The minimum atomic E-state index is -0.424. The van der Waals surface area contributed by atoms with Crippen LogP contribution in [-0.2, 0) is 4.79 Å². The van der Waals surface area contributed by atoms with Gasteiger partial charge in [0.1, 0.15) is 5.75 Å². The minimum absolute atomic E-state index is 0.140. The highest BCUT2D eigenvalue weighted by Gasteiger charge is 2.21. The highest BCUT2D eigenvalue weighted by Crippen LogP contribution is 2.27. The summed E-state index contributed by atoms with van der Waals surface area (Å²) in [6.45, 7) is 6.87. The maximum atomic E-state index is 11.5. The lowest BCUT2D eigenvalue weighted by atomic mass is 9.94. The molecule has 0 radical (unpaired) electrons. The van der Waals surface area contributed by atoms with Gasteiger partial charge in [-0.3, -0.25) is 4.79 Å². The van der Waals surface area contributed by atoms with E-state index in [1.807, 2.05) is 6.07 Å². The van der Waals surface area contributed by atoms with E-state index in [1.165, 1.54) is 0 Å². The van der Waals surface area contributed by atoms with Gasteiger partial charge in [0.25, 0.3) is 0 Å². The average molecular weight is 250 g/mol. The van der Waals surface area contributed by atoms with Crippen molar-refractivity contribution in [2.75, 3.05) is 19.6 Å². The van der Waals surface area contributed by atoms with E-state index in [9.17, 15) is 9.90 Å². The van der Waals surface area contributed by atoms with E-state index in [1.54, 1.807) is 18.2 Å². The largest absolute Gasteiger partial charge is 0.508 e. The first-order valence-corrected chi connectivity index (χ1v) is 6.39. The van der Waals surface area contributed by atoms with Crippen molar-refractivity contribution in [2.45, 2.75) is 26.2 Å². The number of aromatic hydroxyl groups is 1. The molecule has 0 fully saturated rings. The number of amides is 1. The lowest BCUT2D eigenvalue weighted by molar-refractivity contribution is -0.119. The van der Waals surface area contributed by atoms with Gasteiger partial charge in [-0.2, -0.15) is 0 Å². The molecular weight excluding hydrogens is 228 g/mol. The molecule has 4 heteroatoms. The normalized spacial score (nSPS) is 12.6. The van der Waals surface area contributed by atoms with Crippen molar-refractivity contribution in [3.63, 3.8) is 0 Å². The molecular formula is C14H22N2O2. The summed E-state index contributed by atoms with van der Waals surface area (Å²) >= 11 is 0. The van der Waals surface area contributed by atoms with Crippen LogP contribution in [0, 0.1) is 0 Å². The Kier molecular flexibility index (Phi) is 5.65. The van der Waals surface area contributed by atoms with Crippen LogP contribution in [0.2, 0.25) is 0 Å². The van der Waals surface area contributed by atoms with Gasteiger partial charge in [-0.15, -0.1) is 0 Å². The van der Waals surface area contributed by atoms with Crippen LogP contribution in [0.25, 0.3) is 0 Å². The van der Waals surface area contributed by atoms with E-state index in [-0.39, 0.29) is 11.7 Å². The van der Waals surface area contributed by atoms with Gasteiger partial charge in [-0.25, -0.2) is 0 Å². The van der Waals surface area contributed by atoms with Crippen LogP contribution in [0.3, 0.4) is 0 Å². The van der Waals surface area contributed by atoms with Crippen LogP contribution in [0.5, 0.6) is 5.75 Å². The number of hydrogen-bond acceptors (Lipinski definition) is 3. The molecule has 4 nitrogen and oxygen atoms in total. The Morgan fingerprint density at radius 3 is 2.44 bits per heavy atom. The fraction of sp³-hybridized carbons (Fsp3) is 0.500. The molecule has 0 aromatic heterocycles. The Labute approximate surface area is 108 Å². The van der Waals surface area contributed by atoms with E-state index in [2.05, 4.69) is 18.7 Å². The number of hydrogen-bond donors (Lipinski definition) is 2. The molecule has 1 rings (SSSR count). The second kappa shape index (κ2) is 7.01. The van der Waals surface area contributed by atoms with E-state index < -0.39 is 5.92 Å². The third kappa shape index (κ3) is 3.74. The number of rotatable bonds is 7. The number of carbonyl (C=O) groups excluding carboxylic acids is 1. The number of primary amides is 1. The van der Waals surface area contributed by atoms with E-state index >= 15 is 0 Å². The maximum Gasteiger partial charge on any atom is 0.225 e. The maximum absolute atomic E-state index is 11.5. The summed E-state index contributed by atoms with van der Waals surface area (Å²) in [6, 6.07) is 6.89. The van der Waals surface area contributed by atoms with Gasteiger partial charge >= 0.3 is 0 Å². The van der Waals surface area contributed by atoms with Crippen molar-refractivity contribution in [3.8, 4) is 5.75 Å². The third-order valence-electron chi connectivity index (χ3n) is 3.28. The molecule has 1 amide bonds. The number of benzene rings is 1. The number of phenolic OH excluding ortho intramolecular Hbond substituents is 1. The van der Waals surface area contributed by atoms with Gasteiger partial charge in [0, 0.05) is 5.56 Å². The molecule has 0 heterocycles. The number of nitrogens with two attached hydrogens (primary N) is 1. The molecule has 0 aliphatic heterocycles. The first-order valence-electron chi connectivity index (χ1n) is 6.39. The molecule has 1 unspecified atom stereocenters. The second-order valence-corrected chi connectivity index (χ2v) is 4.33. The summed E-state index contributed by atoms with van der Waals surface area (Å²) in [4.78, 5) is 13.8. The summed E-state index contributed by atoms with van der Waals surface area (Å²) in [6.07, 6.45) is 0.634. The van der Waals surface area contributed by atoms with Crippen molar-refractivity contribution in [1.82, 2.24) is 4.90 Å². The van der Waals surface area contributed by atoms with Gasteiger partial charge in [0.05, 0.1) is 5.92 Å². The Morgan fingerprint density at radius 1 is 1.33 bits per heavy atom. The molecule has 1 aromatic carbocycles. The molecule has 3 N–H and O–H groups in total. The van der Waals surface area contributed by atoms with Gasteiger partial charge in [-0.05, 0) is 32.1 Å². The van der Waals surface area contributed by atoms with E-state index in [0.29, 0.717) is 12.0 Å². The van der Waals surface area contributed by atoms with Crippen molar-refractivity contribution < 1.29 is 9.90 Å². The number of phenols is 1. The summed E-state index contributed by atoms with van der Waals surface area (Å²) in [5, 5.41) is 9.79. The fourth-order valence-corrected chi connectivity index (χ4v) is 2.08. The fourth-order valence-electron chi connectivity index (χ4n) is 2.08. The molecule has 18 heavy (non-hydrogen) atoms. The minimum Gasteiger partial charge on any atom is -0.508 e. The summed E-state index contributed by atoms with van der Waals surface area (Å²) in [5.74, 6) is -0.670. The smallest absolute Gasteiger partial charge is 0.225 e. The van der Waals surface area contributed by atoms with Gasteiger partial charge < -0.3 is 15.7 Å². The Balaban J connectivity index is 2.78. The number of carbonyl (C=O) groups is 1. The van der Waals surface area contributed by atoms with E-state index in [0.717, 1.165) is 19.6 Å². The molecule has 100 valence electrons. The lowest BCUT2D eigenvalue weighted by Crippen LogP contribution is -2.29. The summed E-state index contributed by atoms with van der Waals surface area (Å²) < 4.78 is 0. The van der Waals surface area contributed by atoms with Crippen LogP contribution >= 0.6 is 0 Å². The standard InChI is InChI=1S/C14H22N2O2/c1-3-16(4-2)10-9-12(14(15)18)11-7-5-6-8-13(11)17/h5-8,12,17H,3-4,9-10H2,1-2H3,(H2,15,18). The highest BCUT2D eigenvalue weighted by molar-refractivity contribution is 5.82. The Bertz CT molecular complexity index is 389. The van der Waals surface area contributed by atoms with Crippen LogP contribution in [0.1, 0.15) is 31.7 Å². The van der Waals surface area contributed by atoms with Crippen LogP contribution in [-0.4, -0.2) is 35.5 Å². The van der Waals surface area contributed by atoms with Crippen LogP contribution in [0.4, 0.5) is 0 Å². The highest BCUT2D eigenvalue weighted by atomic mass is 16.3. The first-order chi connectivity index (χ1) is 8.60. The van der Waals surface area contributed by atoms with Crippen LogP contribution < -0.4 is 5.73 Å². The van der Waals surface area contributed by atoms with Gasteiger partial charge in [0.2, 0.25) is 5.91 Å². The topological polar surface area (TPSA) is 66.6 Å². The molecule has 1 atom stereocenters. The SMILES string of the molecule is CCN(CC)CCC(C(N)=O)c1ccccc1O. The number of nitrogens with zero attached hydrogens (tertiary/aromatic N) is 1. The second-order valence-electron chi connectivity index (χ2n) is 4.33. The molecule has 0 aliphatic rings. The molecule has 0 bridgehead atoms. The molecule has 0 saturated carbocycles. The van der Waals surface area contributed by atoms with E-state index in [4.69, 9.17) is 5.73 Å². The molecule has 0 aliphatic carbocycles. The first kappa shape index (κ1) is 14.5. The van der Waals surface area contributed by atoms with Crippen molar-refractivity contribution >= 4 is 5.91 Å². The van der Waals surface area contributed by atoms with Crippen molar-refractivity contribution in [1.29, 1.82) is 0 Å². The van der Waals surface area contributed by atoms with Crippen LogP contribution in [0.15, 0.2) is 24.3 Å². The Hall–Kier alpha value is -1.55. The monoisotopic (exact) mass is 250 g/mol. The lowest BCUT2D eigenvalue weighted by Gasteiger charge is -2.21. The summed E-state index contributed by atoms with van der Waals surface area (Å²) in [5.41, 5.74) is 6.06. The molecule has 0 saturated heterocycles. The third-order valence-corrected chi connectivity index (χ3v) is 3.28. The Morgan fingerprint density at radius 2 is 1.94 bits per heavy atom. The van der Waals surface area contributed by atoms with Gasteiger partial charge in [0.15, 0.2) is 0 Å². The zero-order valence-corrected chi connectivity index (χ0v) is 11.1. The summed E-state index contributed by atoms with van der Waals surface area (Å²) in [7, 11) is 0. The predicted octanol–water partition coefficient (Wildman–Crippen LogP) is 1.69. The zero-order chi connectivity index (χ0) is 13.5. The zero-order valence-electron chi connectivity index (χ0n) is 11.1. The van der Waals surface area contributed by atoms with Gasteiger partial charge in [-0.1, -0.05) is 32.0 Å². The predicted molar refractivity (Wildman–Crippen MR) is 72.4 cm³/mol. The van der Waals surface area contributed by atoms with Crippen molar-refractivity contribution in [2.24, 2.45) is 5.73 Å².